The Hall–Kier alpha value is -1.89. The average molecular weight is 297 g/mol. The fourth-order valence-corrected chi connectivity index (χ4v) is 1.78. The van der Waals surface area contributed by atoms with E-state index >= 15 is 0 Å². The van der Waals surface area contributed by atoms with Gasteiger partial charge in [0.05, 0.1) is 18.8 Å². The van der Waals surface area contributed by atoms with E-state index < -0.39 is 5.97 Å². The number of carboxylic acids is 1. The number of rotatable bonds is 8. The molecular formula is C14H23N3O4. The molecule has 0 fully saturated rings. The van der Waals surface area contributed by atoms with E-state index in [0.717, 1.165) is 12.1 Å². The molecule has 0 aliphatic carbocycles. The molecule has 1 aromatic rings. The maximum Gasteiger partial charge on any atom is 0.317 e. The van der Waals surface area contributed by atoms with E-state index in [4.69, 9.17) is 9.63 Å². The molecule has 1 heterocycles. The van der Waals surface area contributed by atoms with Gasteiger partial charge in [0.2, 0.25) is 11.8 Å². The lowest BCUT2D eigenvalue weighted by atomic mass is 10.1. The Morgan fingerprint density at radius 2 is 2.05 bits per heavy atom. The highest BCUT2D eigenvalue weighted by atomic mass is 16.5. The molecule has 21 heavy (non-hydrogen) atoms. The summed E-state index contributed by atoms with van der Waals surface area (Å²) in [5.41, 5.74) is 0.759. The van der Waals surface area contributed by atoms with E-state index in [1.807, 2.05) is 27.7 Å². The van der Waals surface area contributed by atoms with Gasteiger partial charge in [-0.3, -0.25) is 19.8 Å². The van der Waals surface area contributed by atoms with Gasteiger partial charge in [0.1, 0.15) is 0 Å². The van der Waals surface area contributed by atoms with Crippen LogP contribution in [0.1, 0.15) is 45.7 Å². The van der Waals surface area contributed by atoms with Crippen molar-refractivity contribution in [2.45, 2.75) is 46.1 Å². The average Bonchev–Trinajstić information content (AvgIpc) is 2.85. The number of anilines is 1. The molecule has 1 unspecified atom stereocenters. The third-order valence-corrected chi connectivity index (χ3v) is 3.28. The van der Waals surface area contributed by atoms with Gasteiger partial charge in [0.15, 0.2) is 0 Å². The molecule has 0 spiro atoms. The Bertz CT molecular complexity index is 484. The molecule has 0 saturated carbocycles. The summed E-state index contributed by atoms with van der Waals surface area (Å²) in [6.07, 6.45) is 0.764. The number of aliphatic carboxylic acids is 1. The summed E-state index contributed by atoms with van der Waals surface area (Å²) in [6, 6.07) is 1.68. The molecule has 0 radical (unpaired) electrons. The van der Waals surface area contributed by atoms with Gasteiger partial charge < -0.3 is 9.63 Å². The molecule has 1 atom stereocenters. The van der Waals surface area contributed by atoms with Crippen LogP contribution in [0, 0.1) is 0 Å². The van der Waals surface area contributed by atoms with E-state index in [1.165, 1.54) is 0 Å². The normalized spacial score (nSPS) is 12.7. The molecule has 0 aliphatic rings. The third-order valence-electron chi connectivity index (χ3n) is 3.28. The number of amides is 1. The number of hydrogen-bond acceptors (Lipinski definition) is 5. The van der Waals surface area contributed by atoms with E-state index in [2.05, 4.69) is 10.5 Å². The van der Waals surface area contributed by atoms with Crippen LogP contribution in [0.25, 0.3) is 0 Å². The van der Waals surface area contributed by atoms with Crippen molar-refractivity contribution in [3.8, 4) is 0 Å². The summed E-state index contributed by atoms with van der Waals surface area (Å²) in [5.74, 6) is -0.779. The monoisotopic (exact) mass is 297 g/mol. The number of carbonyl (C=O) groups excluding carboxylic acids is 1. The van der Waals surface area contributed by atoms with Gasteiger partial charge in [-0.1, -0.05) is 25.9 Å². The van der Waals surface area contributed by atoms with Crippen molar-refractivity contribution in [1.29, 1.82) is 0 Å². The van der Waals surface area contributed by atoms with Crippen molar-refractivity contribution in [1.82, 2.24) is 10.1 Å². The molecule has 2 N–H and O–H groups in total. The molecule has 7 heteroatoms. The molecule has 1 rings (SSSR count). The number of nitrogens with one attached hydrogen (secondary N) is 1. The number of hydrogen-bond donors (Lipinski definition) is 2. The van der Waals surface area contributed by atoms with Gasteiger partial charge in [0.25, 0.3) is 0 Å². The number of carbonyl (C=O) groups is 2. The predicted octanol–water partition coefficient (Wildman–Crippen LogP) is 1.92. The zero-order valence-electron chi connectivity index (χ0n) is 12.9. The van der Waals surface area contributed by atoms with Crippen molar-refractivity contribution < 1.29 is 19.2 Å². The van der Waals surface area contributed by atoms with Gasteiger partial charge in [-0.2, -0.15) is 0 Å². The zero-order valence-corrected chi connectivity index (χ0v) is 12.9. The smallest absolute Gasteiger partial charge is 0.317 e. The van der Waals surface area contributed by atoms with Crippen molar-refractivity contribution in [3.05, 3.63) is 11.8 Å². The highest BCUT2D eigenvalue weighted by molar-refractivity contribution is 5.91. The first-order valence-corrected chi connectivity index (χ1v) is 7.05. The minimum atomic E-state index is -0.954. The standard InChI is InChI=1S/C14H23N3O4/c1-5-10(4)17(8-14(19)20)7-12(18)15-13-6-11(9(2)3)16-21-13/h6,9-10H,5,7-8H2,1-4H3,(H,15,18)(H,19,20). The van der Waals surface area contributed by atoms with Crippen LogP contribution < -0.4 is 5.32 Å². The fourth-order valence-electron chi connectivity index (χ4n) is 1.78. The summed E-state index contributed by atoms with van der Waals surface area (Å²) < 4.78 is 5.03. The summed E-state index contributed by atoms with van der Waals surface area (Å²) in [7, 11) is 0. The van der Waals surface area contributed by atoms with Crippen molar-refractivity contribution in [2.24, 2.45) is 0 Å². The Morgan fingerprint density at radius 3 is 2.52 bits per heavy atom. The van der Waals surface area contributed by atoms with Gasteiger partial charge in [-0.25, -0.2) is 0 Å². The molecule has 0 bridgehead atoms. The number of aromatic nitrogens is 1. The van der Waals surface area contributed by atoms with Crippen molar-refractivity contribution >= 4 is 17.8 Å². The van der Waals surface area contributed by atoms with Crippen LogP contribution in [0.4, 0.5) is 5.88 Å². The second kappa shape index (κ2) is 7.78. The Kier molecular flexibility index (Phi) is 6.36. The summed E-state index contributed by atoms with van der Waals surface area (Å²) in [5, 5.41) is 15.3. The van der Waals surface area contributed by atoms with E-state index in [1.54, 1.807) is 11.0 Å². The second-order valence-electron chi connectivity index (χ2n) is 5.37. The zero-order chi connectivity index (χ0) is 16.0. The van der Waals surface area contributed by atoms with Gasteiger partial charge in [-0.15, -0.1) is 0 Å². The van der Waals surface area contributed by atoms with Crippen LogP contribution in [-0.2, 0) is 9.59 Å². The summed E-state index contributed by atoms with van der Waals surface area (Å²) in [4.78, 5) is 24.4. The molecule has 0 aliphatic heterocycles. The van der Waals surface area contributed by atoms with Crippen LogP contribution in [-0.4, -0.2) is 46.2 Å². The summed E-state index contributed by atoms with van der Waals surface area (Å²) in [6.45, 7) is 7.61. The first kappa shape index (κ1) is 17.2. The maximum absolute atomic E-state index is 12.0. The largest absolute Gasteiger partial charge is 0.480 e. The van der Waals surface area contributed by atoms with Crippen LogP contribution in [0.15, 0.2) is 10.6 Å². The number of nitrogens with zero attached hydrogens (tertiary/aromatic N) is 2. The van der Waals surface area contributed by atoms with Crippen molar-refractivity contribution in [2.75, 3.05) is 18.4 Å². The lowest BCUT2D eigenvalue weighted by Gasteiger charge is -2.25. The molecule has 118 valence electrons. The van der Waals surface area contributed by atoms with Crippen LogP contribution >= 0.6 is 0 Å². The van der Waals surface area contributed by atoms with E-state index in [0.29, 0.717) is 0 Å². The number of carboxylic acid groups (broad SMARTS) is 1. The van der Waals surface area contributed by atoms with E-state index in [-0.39, 0.29) is 36.8 Å². The lowest BCUT2D eigenvalue weighted by Crippen LogP contribution is -2.42. The molecule has 0 saturated heterocycles. The van der Waals surface area contributed by atoms with E-state index in [9.17, 15) is 9.59 Å². The molecule has 7 nitrogen and oxygen atoms in total. The lowest BCUT2D eigenvalue weighted by molar-refractivity contribution is -0.139. The van der Waals surface area contributed by atoms with Gasteiger partial charge in [0, 0.05) is 12.1 Å². The van der Waals surface area contributed by atoms with Crippen LogP contribution in [0.3, 0.4) is 0 Å². The first-order valence-electron chi connectivity index (χ1n) is 7.05. The maximum atomic E-state index is 12.0. The van der Waals surface area contributed by atoms with Crippen LogP contribution in [0.5, 0.6) is 0 Å². The minimum absolute atomic E-state index is 0.000974. The highest BCUT2D eigenvalue weighted by Gasteiger charge is 2.19. The third kappa shape index (κ3) is 5.55. The Morgan fingerprint density at radius 1 is 1.38 bits per heavy atom. The van der Waals surface area contributed by atoms with Gasteiger partial charge >= 0.3 is 5.97 Å². The summed E-state index contributed by atoms with van der Waals surface area (Å²) >= 11 is 0. The quantitative estimate of drug-likeness (QED) is 0.761. The molecule has 1 amide bonds. The Balaban J connectivity index is 2.62. The SMILES string of the molecule is CCC(C)N(CC(=O)O)CC(=O)Nc1cc(C(C)C)no1. The molecule has 1 aromatic heterocycles. The van der Waals surface area contributed by atoms with Crippen LogP contribution in [0.2, 0.25) is 0 Å². The van der Waals surface area contributed by atoms with Crippen molar-refractivity contribution in [3.63, 3.8) is 0 Å². The predicted molar refractivity (Wildman–Crippen MR) is 78.2 cm³/mol. The first-order chi connectivity index (χ1) is 9.83. The Labute approximate surface area is 124 Å². The highest BCUT2D eigenvalue weighted by Crippen LogP contribution is 2.17. The molecular weight excluding hydrogens is 274 g/mol. The fraction of sp³-hybridized carbons (Fsp3) is 0.643. The molecule has 0 aromatic carbocycles. The van der Waals surface area contributed by atoms with Gasteiger partial charge in [-0.05, 0) is 19.3 Å². The second-order valence-corrected chi connectivity index (χ2v) is 5.37. The topological polar surface area (TPSA) is 95.7 Å². The minimum Gasteiger partial charge on any atom is -0.480 e.